The number of amides is 2. The van der Waals surface area contributed by atoms with E-state index in [1.807, 2.05) is 46.2 Å². The molecule has 0 radical (unpaired) electrons. The first kappa shape index (κ1) is 27.8. The van der Waals surface area contributed by atoms with Crippen LogP contribution in [0.25, 0.3) is 6.08 Å². The lowest BCUT2D eigenvalue weighted by atomic mass is 10.1. The minimum absolute atomic E-state index is 0.0422. The van der Waals surface area contributed by atoms with Gasteiger partial charge in [-0.15, -0.1) is 0 Å². The van der Waals surface area contributed by atoms with Crippen molar-refractivity contribution in [2.24, 2.45) is 0 Å². The van der Waals surface area contributed by atoms with Gasteiger partial charge in [0.2, 0.25) is 5.91 Å². The molecule has 0 unspecified atom stereocenters. The normalized spacial score (nSPS) is 14.2. The Morgan fingerprint density at radius 2 is 1.75 bits per heavy atom. The molecule has 6 nitrogen and oxygen atoms in total. The van der Waals surface area contributed by atoms with Gasteiger partial charge in [-0.1, -0.05) is 61.7 Å². The Hall–Kier alpha value is -2.83. The third kappa shape index (κ3) is 8.38. The first-order valence-electron chi connectivity index (χ1n) is 12.9. The summed E-state index contributed by atoms with van der Waals surface area (Å²) < 4.78 is 5.43. The lowest BCUT2D eigenvalue weighted by Crippen LogP contribution is -2.50. The van der Waals surface area contributed by atoms with Crippen LogP contribution in [0.4, 0.5) is 0 Å². The van der Waals surface area contributed by atoms with Gasteiger partial charge in [0, 0.05) is 68.4 Å². The van der Waals surface area contributed by atoms with Gasteiger partial charge in [-0.3, -0.25) is 14.5 Å². The molecule has 0 atom stereocenters. The van der Waals surface area contributed by atoms with Crippen molar-refractivity contribution in [2.45, 2.75) is 32.6 Å². The molecule has 1 heterocycles. The summed E-state index contributed by atoms with van der Waals surface area (Å²) in [6.45, 7) is 7.15. The van der Waals surface area contributed by atoms with Crippen molar-refractivity contribution in [3.8, 4) is 5.75 Å². The van der Waals surface area contributed by atoms with Crippen LogP contribution < -0.4 is 4.74 Å². The fourth-order valence-corrected chi connectivity index (χ4v) is 4.45. The molecule has 2 amide bonds. The fraction of sp³-hybridized carbons (Fsp3) is 0.448. The maximum Gasteiger partial charge on any atom is 0.253 e. The van der Waals surface area contributed by atoms with Crippen LogP contribution in [-0.4, -0.2) is 79.4 Å². The van der Waals surface area contributed by atoms with Crippen molar-refractivity contribution >= 4 is 29.5 Å². The molecule has 0 aromatic heterocycles. The number of carbonyl (C=O) groups excluding carboxylic acids is 2. The van der Waals surface area contributed by atoms with E-state index in [0.717, 1.165) is 50.2 Å². The average Bonchev–Trinajstić information content (AvgIpc) is 2.91. The Morgan fingerprint density at radius 1 is 1.03 bits per heavy atom. The molecule has 7 heteroatoms. The molecule has 1 aliphatic rings. The van der Waals surface area contributed by atoms with Gasteiger partial charge in [0.05, 0.1) is 7.11 Å². The van der Waals surface area contributed by atoms with Crippen LogP contribution in [0.5, 0.6) is 5.75 Å². The van der Waals surface area contributed by atoms with Gasteiger partial charge >= 0.3 is 0 Å². The average molecular weight is 512 g/mol. The highest BCUT2D eigenvalue weighted by atomic mass is 35.5. The molecule has 2 aromatic carbocycles. The van der Waals surface area contributed by atoms with Crippen molar-refractivity contribution in [3.63, 3.8) is 0 Å². The number of ether oxygens (including phenoxy) is 1. The van der Waals surface area contributed by atoms with Gasteiger partial charge in [0.25, 0.3) is 5.91 Å². The number of piperazine rings is 1. The van der Waals surface area contributed by atoms with Gasteiger partial charge < -0.3 is 14.5 Å². The smallest absolute Gasteiger partial charge is 0.253 e. The molecule has 1 saturated heterocycles. The molecule has 0 N–H and O–H groups in total. The highest BCUT2D eigenvalue weighted by Crippen LogP contribution is 2.19. The van der Waals surface area contributed by atoms with Gasteiger partial charge in [-0.2, -0.15) is 0 Å². The zero-order valence-corrected chi connectivity index (χ0v) is 22.3. The van der Waals surface area contributed by atoms with Crippen molar-refractivity contribution in [1.29, 1.82) is 0 Å². The van der Waals surface area contributed by atoms with E-state index in [4.69, 9.17) is 16.3 Å². The summed E-state index contributed by atoms with van der Waals surface area (Å²) in [4.78, 5) is 31.9. The van der Waals surface area contributed by atoms with Crippen LogP contribution in [0, 0.1) is 0 Å². The van der Waals surface area contributed by atoms with E-state index in [1.54, 1.807) is 31.4 Å². The SMILES string of the molecule is CCCCCC(=O)N(CC=Cc1ccccc1OC)CCN1CCN(C(=O)c2ccc(Cl)cc2)CC1. The summed E-state index contributed by atoms with van der Waals surface area (Å²) in [5, 5.41) is 0.628. The highest BCUT2D eigenvalue weighted by Gasteiger charge is 2.23. The summed E-state index contributed by atoms with van der Waals surface area (Å²) in [6, 6.07) is 14.9. The number of unbranched alkanes of at least 4 members (excludes halogenated alkanes) is 2. The summed E-state index contributed by atoms with van der Waals surface area (Å²) in [5.74, 6) is 1.06. The van der Waals surface area contributed by atoms with Gasteiger partial charge in [0.1, 0.15) is 5.75 Å². The summed E-state index contributed by atoms with van der Waals surface area (Å²) in [6.07, 6.45) is 7.73. The summed E-state index contributed by atoms with van der Waals surface area (Å²) in [7, 11) is 1.67. The molecule has 0 bridgehead atoms. The second kappa shape index (κ2) is 14.7. The maximum atomic E-state index is 13.0. The number of para-hydroxylation sites is 1. The predicted octanol–water partition coefficient (Wildman–Crippen LogP) is 5.23. The van der Waals surface area contributed by atoms with E-state index >= 15 is 0 Å². The third-order valence-corrected chi connectivity index (χ3v) is 6.80. The molecule has 3 rings (SSSR count). The zero-order valence-electron chi connectivity index (χ0n) is 21.5. The number of hydrogen-bond donors (Lipinski definition) is 0. The second-order valence-corrected chi connectivity index (χ2v) is 9.52. The molecule has 36 heavy (non-hydrogen) atoms. The lowest BCUT2D eigenvalue weighted by molar-refractivity contribution is -0.131. The van der Waals surface area contributed by atoms with E-state index in [0.29, 0.717) is 43.2 Å². The Morgan fingerprint density at radius 3 is 2.44 bits per heavy atom. The Balaban J connectivity index is 1.53. The number of hydrogen-bond acceptors (Lipinski definition) is 4. The third-order valence-electron chi connectivity index (χ3n) is 6.55. The van der Waals surface area contributed by atoms with Crippen LogP contribution in [-0.2, 0) is 4.79 Å². The van der Waals surface area contributed by atoms with Crippen LogP contribution in [0.2, 0.25) is 5.02 Å². The molecule has 0 aliphatic carbocycles. The minimum Gasteiger partial charge on any atom is -0.496 e. The summed E-state index contributed by atoms with van der Waals surface area (Å²) in [5.41, 5.74) is 1.67. The molecule has 0 saturated carbocycles. The number of nitrogens with zero attached hydrogens (tertiary/aromatic N) is 3. The largest absolute Gasteiger partial charge is 0.496 e. The van der Waals surface area contributed by atoms with E-state index in [9.17, 15) is 9.59 Å². The molecule has 1 aliphatic heterocycles. The monoisotopic (exact) mass is 511 g/mol. The van der Waals surface area contributed by atoms with E-state index < -0.39 is 0 Å². The molecular weight excluding hydrogens is 474 g/mol. The van der Waals surface area contributed by atoms with Crippen LogP contribution >= 0.6 is 11.6 Å². The predicted molar refractivity (Wildman–Crippen MR) is 147 cm³/mol. The van der Waals surface area contributed by atoms with E-state index in [-0.39, 0.29) is 11.8 Å². The van der Waals surface area contributed by atoms with Crippen LogP contribution in [0.3, 0.4) is 0 Å². The number of rotatable bonds is 12. The Bertz CT molecular complexity index is 1000. The topological polar surface area (TPSA) is 53.1 Å². The van der Waals surface area contributed by atoms with Crippen LogP contribution in [0.15, 0.2) is 54.6 Å². The number of halogens is 1. The first-order valence-corrected chi connectivity index (χ1v) is 13.2. The quantitative estimate of drug-likeness (QED) is 0.366. The van der Waals surface area contributed by atoms with Crippen molar-refractivity contribution in [2.75, 3.05) is 52.9 Å². The van der Waals surface area contributed by atoms with Crippen molar-refractivity contribution in [3.05, 3.63) is 70.8 Å². The Kier molecular flexibility index (Phi) is 11.3. The highest BCUT2D eigenvalue weighted by molar-refractivity contribution is 6.30. The number of methoxy groups -OCH3 is 1. The van der Waals surface area contributed by atoms with Gasteiger partial charge in [-0.25, -0.2) is 0 Å². The summed E-state index contributed by atoms with van der Waals surface area (Å²) >= 11 is 5.95. The fourth-order valence-electron chi connectivity index (χ4n) is 4.32. The zero-order chi connectivity index (χ0) is 25.8. The molecule has 194 valence electrons. The molecule has 2 aromatic rings. The Labute approximate surface area is 220 Å². The van der Waals surface area contributed by atoms with E-state index in [1.165, 1.54) is 0 Å². The number of carbonyl (C=O) groups is 2. The van der Waals surface area contributed by atoms with Crippen molar-refractivity contribution in [1.82, 2.24) is 14.7 Å². The molecule has 1 fully saturated rings. The molecule has 0 spiro atoms. The molecular formula is C29H38ClN3O3. The lowest BCUT2D eigenvalue weighted by Gasteiger charge is -2.36. The maximum absolute atomic E-state index is 13.0. The standard InChI is InChI=1S/C29H38ClN3O3/c1-3-4-5-12-28(34)32(17-8-10-24-9-6-7-11-27(24)36-2)21-18-31-19-22-33(23-20-31)29(35)25-13-15-26(30)16-14-25/h6-11,13-16H,3-5,12,17-23H2,1-2H3. The van der Waals surface area contributed by atoms with Gasteiger partial charge in [0.15, 0.2) is 0 Å². The minimum atomic E-state index is 0.0422. The van der Waals surface area contributed by atoms with Crippen LogP contribution in [0.1, 0.15) is 48.5 Å². The van der Waals surface area contributed by atoms with E-state index in [2.05, 4.69) is 11.8 Å². The first-order chi connectivity index (χ1) is 17.5. The van der Waals surface area contributed by atoms with Gasteiger partial charge in [-0.05, 0) is 36.8 Å². The number of benzene rings is 2. The van der Waals surface area contributed by atoms with Crippen molar-refractivity contribution < 1.29 is 14.3 Å². The second-order valence-electron chi connectivity index (χ2n) is 9.08.